The fraction of sp³-hybridized carbons (Fsp3) is 0.316. The standard InChI is InChI=1S/C19H24N2O2/c1-2-15-9-6-7-12-17(15)20-19(23)21-18(13-8-14-22)16-10-4-3-5-11-16/h3-7,9-12,18,22H,2,8,13-14H2,1H3,(H2,20,21,23). The van der Waals surface area contributed by atoms with Crippen molar-refractivity contribution in [2.75, 3.05) is 11.9 Å². The normalized spacial score (nSPS) is 11.7. The Hall–Kier alpha value is -2.33. The molecule has 2 rings (SSSR count). The summed E-state index contributed by atoms with van der Waals surface area (Å²) in [4.78, 5) is 12.3. The molecule has 1 atom stereocenters. The van der Waals surface area contributed by atoms with Crippen LogP contribution >= 0.6 is 0 Å². The first kappa shape index (κ1) is 17.0. The number of rotatable bonds is 7. The number of anilines is 1. The molecule has 0 aliphatic rings. The van der Waals surface area contributed by atoms with E-state index in [9.17, 15) is 4.79 Å². The van der Waals surface area contributed by atoms with Crippen LogP contribution in [0.15, 0.2) is 54.6 Å². The molecule has 2 aromatic carbocycles. The first-order chi connectivity index (χ1) is 11.2. The number of aryl methyl sites for hydroxylation is 1. The zero-order chi connectivity index (χ0) is 16.5. The van der Waals surface area contributed by atoms with E-state index in [1.54, 1.807) is 0 Å². The van der Waals surface area contributed by atoms with Crippen molar-refractivity contribution in [2.45, 2.75) is 32.2 Å². The summed E-state index contributed by atoms with van der Waals surface area (Å²) < 4.78 is 0. The van der Waals surface area contributed by atoms with Gasteiger partial charge in [0.15, 0.2) is 0 Å². The third-order valence-electron chi connectivity index (χ3n) is 3.80. The Morgan fingerprint density at radius 1 is 1.09 bits per heavy atom. The molecule has 3 N–H and O–H groups in total. The summed E-state index contributed by atoms with van der Waals surface area (Å²) in [7, 11) is 0. The highest BCUT2D eigenvalue weighted by Gasteiger charge is 2.14. The summed E-state index contributed by atoms with van der Waals surface area (Å²) >= 11 is 0. The molecular weight excluding hydrogens is 288 g/mol. The van der Waals surface area contributed by atoms with E-state index in [-0.39, 0.29) is 18.7 Å². The zero-order valence-electron chi connectivity index (χ0n) is 13.5. The average molecular weight is 312 g/mol. The molecule has 0 aromatic heterocycles. The highest BCUT2D eigenvalue weighted by molar-refractivity contribution is 5.90. The largest absolute Gasteiger partial charge is 0.396 e. The molecule has 0 radical (unpaired) electrons. The van der Waals surface area contributed by atoms with Gasteiger partial charge in [-0.1, -0.05) is 55.5 Å². The predicted molar refractivity (Wildman–Crippen MR) is 93.5 cm³/mol. The van der Waals surface area contributed by atoms with Crippen LogP contribution in [0.4, 0.5) is 10.5 Å². The molecule has 0 heterocycles. The van der Waals surface area contributed by atoms with Crippen LogP contribution < -0.4 is 10.6 Å². The van der Waals surface area contributed by atoms with Gasteiger partial charge >= 0.3 is 6.03 Å². The van der Waals surface area contributed by atoms with Crippen molar-refractivity contribution in [1.29, 1.82) is 0 Å². The molecule has 2 aromatic rings. The topological polar surface area (TPSA) is 61.4 Å². The van der Waals surface area contributed by atoms with E-state index in [1.807, 2.05) is 54.6 Å². The number of urea groups is 1. The van der Waals surface area contributed by atoms with Gasteiger partial charge in [-0.25, -0.2) is 4.79 Å². The number of aliphatic hydroxyl groups excluding tert-OH is 1. The molecule has 4 nitrogen and oxygen atoms in total. The van der Waals surface area contributed by atoms with E-state index in [2.05, 4.69) is 17.6 Å². The fourth-order valence-corrected chi connectivity index (χ4v) is 2.57. The number of hydrogen-bond donors (Lipinski definition) is 3. The molecule has 0 fully saturated rings. The summed E-state index contributed by atoms with van der Waals surface area (Å²) in [5.41, 5.74) is 2.98. The van der Waals surface area contributed by atoms with E-state index < -0.39 is 0 Å². The number of para-hydroxylation sites is 1. The monoisotopic (exact) mass is 312 g/mol. The molecule has 0 aliphatic carbocycles. The van der Waals surface area contributed by atoms with Gasteiger partial charge < -0.3 is 15.7 Å². The number of amides is 2. The molecule has 2 amide bonds. The van der Waals surface area contributed by atoms with Crippen LogP contribution in [-0.2, 0) is 6.42 Å². The minimum Gasteiger partial charge on any atom is -0.396 e. The van der Waals surface area contributed by atoms with Crippen LogP contribution in [0.1, 0.15) is 36.9 Å². The number of hydrogen-bond acceptors (Lipinski definition) is 2. The summed E-state index contributed by atoms with van der Waals surface area (Å²) in [6, 6.07) is 17.3. The Kier molecular flexibility index (Phi) is 6.63. The van der Waals surface area contributed by atoms with E-state index in [0.717, 1.165) is 23.2 Å². The van der Waals surface area contributed by atoms with E-state index in [4.69, 9.17) is 5.11 Å². The zero-order valence-corrected chi connectivity index (χ0v) is 13.5. The van der Waals surface area contributed by atoms with Crippen molar-refractivity contribution in [3.05, 3.63) is 65.7 Å². The Labute approximate surface area is 137 Å². The maximum absolute atomic E-state index is 12.3. The van der Waals surface area contributed by atoms with Crippen LogP contribution in [0, 0.1) is 0 Å². The van der Waals surface area contributed by atoms with Crippen LogP contribution in [0.2, 0.25) is 0 Å². The smallest absolute Gasteiger partial charge is 0.319 e. The van der Waals surface area contributed by atoms with Gasteiger partial charge in [-0.3, -0.25) is 0 Å². The van der Waals surface area contributed by atoms with Crippen molar-refractivity contribution in [3.63, 3.8) is 0 Å². The van der Waals surface area contributed by atoms with Crippen molar-refractivity contribution in [1.82, 2.24) is 5.32 Å². The van der Waals surface area contributed by atoms with Crippen molar-refractivity contribution in [3.8, 4) is 0 Å². The van der Waals surface area contributed by atoms with Crippen LogP contribution in [0.25, 0.3) is 0 Å². The first-order valence-electron chi connectivity index (χ1n) is 8.05. The quantitative estimate of drug-likeness (QED) is 0.726. The molecule has 1 unspecified atom stereocenters. The minimum atomic E-state index is -0.224. The van der Waals surface area contributed by atoms with Gasteiger partial charge in [-0.05, 0) is 36.5 Å². The molecule has 122 valence electrons. The highest BCUT2D eigenvalue weighted by atomic mass is 16.3. The molecule has 0 bridgehead atoms. The Morgan fingerprint density at radius 2 is 1.78 bits per heavy atom. The average Bonchev–Trinajstić information content (AvgIpc) is 2.59. The first-order valence-corrected chi connectivity index (χ1v) is 8.05. The van der Waals surface area contributed by atoms with Crippen molar-refractivity contribution >= 4 is 11.7 Å². The maximum Gasteiger partial charge on any atom is 0.319 e. The molecular formula is C19H24N2O2. The van der Waals surface area contributed by atoms with Crippen LogP contribution in [0.5, 0.6) is 0 Å². The Morgan fingerprint density at radius 3 is 2.48 bits per heavy atom. The molecule has 4 heteroatoms. The lowest BCUT2D eigenvalue weighted by Gasteiger charge is -2.20. The molecule has 0 aliphatic heterocycles. The summed E-state index contributed by atoms with van der Waals surface area (Å²) in [6.45, 7) is 2.18. The van der Waals surface area contributed by atoms with Gasteiger partial charge in [0, 0.05) is 12.3 Å². The third-order valence-corrected chi connectivity index (χ3v) is 3.80. The lowest BCUT2D eigenvalue weighted by atomic mass is 10.0. The lowest BCUT2D eigenvalue weighted by Crippen LogP contribution is -2.33. The maximum atomic E-state index is 12.3. The second-order valence-corrected chi connectivity index (χ2v) is 5.44. The molecule has 0 saturated carbocycles. The number of carbonyl (C=O) groups is 1. The van der Waals surface area contributed by atoms with Crippen LogP contribution in [0.3, 0.4) is 0 Å². The van der Waals surface area contributed by atoms with Gasteiger partial charge in [0.25, 0.3) is 0 Å². The van der Waals surface area contributed by atoms with Crippen molar-refractivity contribution < 1.29 is 9.90 Å². The number of nitrogens with one attached hydrogen (secondary N) is 2. The molecule has 0 spiro atoms. The predicted octanol–water partition coefficient (Wildman–Crippen LogP) is 3.88. The van der Waals surface area contributed by atoms with Crippen molar-refractivity contribution in [2.24, 2.45) is 0 Å². The minimum absolute atomic E-state index is 0.114. The van der Waals surface area contributed by atoms with Gasteiger partial charge in [-0.2, -0.15) is 0 Å². The lowest BCUT2D eigenvalue weighted by molar-refractivity contribution is 0.243. The van der Waals surface area contributed by atoms with E-state index in [1.165, 1.54) is 0 Å². The van der Waals surface area contributed by atoms with E-state index in [0.29, 0.717) is 12.8 Å². The summed E-state index contributed by atoms with van der Waals surface area (Å²) in [6.07, 6.45) is 2.21. The SMILES string of the molecule is CCc1ccccc1NC(=O)NC(CCCO)c1ccccc1. The van der Waals surface area contributed by atoms with Gasteiger partial charge in [0.05, 0.1) is 6.04 Å². The second kappa shape index (κ2) is 8.96. The fourth-order valence-electron chi connectivity index (χ4n) is 2.57. The van der Waals surface area contributed by atoms with E-state index >= 15 is 0 Å². The number of carbonyl (C=O) groups excluding carboxylic acids is 1. The summed E-state index contributed by atoms with van der Waals surface area (Å²) in [5.74, 6) is 0. The third kappa shape index (κ3) is 5.11. The second-order valence-electron chi connectivity index (χ2n) is 5.44. The Bertz CT molecular complexity index is 614. The highest BCUT2D eigenvalue weighted by Crippen LogP contribution is 2.19. The summed E-state index contributed by atoms with van der Waals surface area (Å²) in [5, 5.41) is 15.0. The van der Waals surface area contributed by atoms with Gasteiger partial charge in [-0.15, -0.1) is 0 Å². The molecule has 0 saturated heterocycles. The van der Waals surface area contributed by atoms with Gasteiger partial charge in [0.1, 0.15) is 0 Å². The van der Waals surface area contributed by atoms with Crippen LogP contribution in [-0.4, -0.2) is 17.7 Å². The Balaban J connectivity index is 2.05. The number of benzene rings is 2. The molecule has 23 heavy (non-hydrogen) atoms. The van der Waals surface area contributed by atoms with Gasteiger partial charge in [0.2, 0.25) is 0 Å². The number of aliphatic hydroxyl groups is 1.